The minimum atomic E-state index is -0.423. The van der Waals surface area contributed by atoms with Crippen molar-refractivity contribution in [3.63, 3.8) is 0 Å². The second-order valence-corrected chi connectivity index (χ2v) is 8.67. The lowest BCUT2D eigenvalue weighted by Gasteiger charge is -2.30. The molecule has 2 N–H and O–H groups in total. The molecule has 1 aliphatic rings. The van der Waals surface area contributed by atoms with Crippen LogP contribution in [-0.4, -0.2) is 51.4 Å². The second kappa shape index (κ2) is 8.56. The summed E-state index contributed by atoms with van der Waals surface area (Å²) in [6.45, 7) is 5.99. The van der Waals surface area contributed by atoms with Gasteiger partial charge >= 0.3 is 0 Å². The summed E-state index contributed by atoms with van der Waals surface area (Å²) in [5, 5.41) is 18.7. The van der Waals surface area contributed by atoms with E-state index in [1.54, 1.807) is 18.3 Å². The van der Waals surface area contributed by atoms with Crippen LogP contribution in [0.2, 0.25) is 5.02 Å². The van der Waals surface area contributed by atoms with E-state index in [-0.39, 0.29) is 10.8 Å². The summed E-state index contributed by atoms with van der Waals surface area (Å²) in [5.74, 6) is 0.503. The molecule has 4 aromatic rings. The van der Waals surface area contributed by atoms with Crippen LogP contribution in [0.3, 0.4) is 0 Å². The summed E-state index contributed by atoms with van der Waals surface area (Å²) in [4.78, 5) is 7.00. The number of aromatic hydroxyl groups is 1. The number of halogens is 2. The summed E-state index contributed by atoms with van der Waals surface area (Å²) in [6.07, 6.45) is 3.89. The van der Waals surface area contributed by atoms with Gasteiger partial charge in [-0.2, -0.15) is 5.10 Å². The van der Waals surface area contributed by atoms with Crippen LogP contribution in [-0.2, 0) is 0 Å². The van der Waals surface area contributed by atoms with Gasteiger partial charge in [0.15, 0.2) is 5.65 Å². The van der Waals surface area contributed by atoms with Crippen molar-refractivity contribution in [1.82, 2.24) is 20.1 Å². The SMILES string of the molecule is CCN1CCC(COc2cc(F)c3c(-c4ccc(O)c(Cl)c4)nc4n[nH]cc4c3c2)CC1. The number of aromatic nitrogens is 3. The van der Waals surface area contributed by atoms with Crippen molar-refractivity contribution >= 4 is 33.4 Å². The van der Waals surface area contributed by atoms with E-state index in [2.05, 4.69) is 27.0 Å². The van der Waals surface area contributed by atoms with Crippen molar-refractivity contribution in [3.8, 4) is 22.8 Å². The minimum absolute atomic E-state index is 0.0403. The van der Waals surface area contributed by atoms with Gasteiger partial charge in [-0.15, -0.1) is 0 Å². The Bertz CT molecular complexity index is 1280. The number of piperidine rings is 1. The Labute approximate surface area is 190 Å². The zero-order chi connectivity index (χ0) is 22.2. The highest BCUT2D eigenvalue weighted by atomic mass is 35.5. The number of aromatic amines is 1. The second-order valence-electron chi connectivity index (χ2n) is 8.27. The number of nitrogens with zero attached hydrogens (tertiary/aromatic N) is 3. The Morgan fingerprint density at radius 3 is 2.78 bits per heavy atom. The number of hydrogen-bond acceptors (Lipinski definition) is 5. The van der Waals surface area contributed by atoms with Crippen molar-refractivity contribution in [2.24, 2.45) is 5.92 Å². The van der Waals surface area contributed by atoms with Gasteiger partial charge in [0.1, 0.15) is 17.3 Å². The number of pyridine rings is 1. The zero-order valence-corrected chi connectivity index (χ0v) is 18.5. The maximum atomic E-state index is 15.4. The number of rotatable bonds is 5. The van der Waals surface area contributed by atoms with Crippen LogP contribution in [0.5, 0.6) is 11.5 Å². The number of likely N-dealkylation sites (tertiary alicyclic amines) is 1. The molecule has 32 heavy (non-hydrogen) atoms. The van der Waals surface area contributed by atoms with Gasteiger partial charge < -0.3 is 14.7 Å². The molecule has 2 aromatic heterocycles. The quantitative estimate of drug-likeness (QED) is 0.423. The predicted molar refractivity (Wildman–Crippen MR) is 124 cm³/mol. The number of nitrogens with one attached hydrogen (secondary N) is 1. The number of ether oxygens (including phenoxy) is 1. The molecule has 0 radical (unpaired) electrons. The van der Waals surface area contributed by atoms with Crippen LogP contribution >= 0.6 is 11.6 Å². The van der Waals surface area contributed by atoms with E-state index in [1.165, 1.54) is 12.1 Å². The highest BCUT2D eigenvalue weighted by Gasteiger charge is 2.21. The van der Waals surface area contributed by atoms with E-state index >= 15 is 4.39 Å². The Balaban J connectivity index is 1.52. The van der Waals surface area contributed by atoms with Gasteiger partial charge in [0.05, 0.1) is 17.3 Å². The molecule has 8 heteroatoms. The van der Waals surface area contributed by atoms with Crippen LogP contribution in [0.4, 0.5) is 4.39 Å². The molecule has 0 amide bonds. The molecule has 6 nitrogen and oxygen atoms in total. The molecule has 0 spiro atoms. The molecule has 0 unspecified atom stereocenters. The third-order valence-electron chi connectivity index (χ3n) is 6.29. The van der Waals surface area contributed by atoms with Gasteiger partial charge in [-0.25, -0.2) is 9.37 Å². The molecule has 1 aliphatic heterocycles. The fraction of sp³-hybridized carbons (Fsp3) is 0.333. The molecule has 0 atom stereocenters. The molecular formula is C24H24ClFN4O2. The molecule has 166 valence electrons. The summed E-state index contributed by atoms with van der Waals surface area (Å²) in [6, 6.07) is 7.98. The summed E-state index contributed by atoms with van der Waals surface area (Å²) in [5.41, 5.74) is 1.48. The topological polar surface area (TPSA) is 74.3 Å². The lowest BCUT2D eigenvalue weighted by atomic mass is 9.98. The predicted octanol–water partition coefficient (Wildman–Crippen LogP) is 5.39. The van der Waals surface area contributed by atoms with Gasteiger partial charge in [-0.1, -0.05) is 18.5 Å². The van der Waals surface area contributed by atoms with Crippen molar-refractivity contribution < 1.29 is 14.2 Å². The molecule has 0 aliphatic carbocycles. The highest BCUT2D eigenvalue weighted by molar-refractivity contribution is 6.32. The third-order valence-corrected chi connectivity index (χ3v) is 6.59. The summed E-state index contributed by atoms with van der Waals surface area (Å²) < 4.78 is 21.5. The summed E-state index contributed by atoms with van der Waals surface area (Å²) >= 11 is 6.09. The van der Waals surface area contributed by atoms with Crippen molar-refractivity contribution in [1.29, 1.82) is 0 Å². The largest absolute Gasteiger partial charge is 0.506 e. The lowest BCUT2D eigenvalue weighted by molar-refractivity contribution is 0.146. The van der Waals surface area contributed by atoms with Crippen molar-refractivity contribution in [2.75, 3.05) is 26.2 Å². The Kier molecular flexibility index (Phi) is 5.61. The fourth-order valence-electron chi connectivity index (χ4n) is 4.39. The van der Waals surface area contributed by atoms with Crippen LogP contribution in [0, 0.1) is 11.7 Å². The normalized spacial score (nSPS) is 15.6. The molecule has 2 aromatic carbocycles. The van der Waals surface area contributed by atoms with Gasteiger partial charge in [-0.3, -0.25) is 5.10 Å². The Hall–Kier alpha value is -2.90. The lowest BCUT2D eigenvalue weighted by Crippen LogP contribution is -2.35. The first-order valence-corrected chi connectivity index (χ1v) is 11.2. The highest BCUT2D eigenvalue weighted by Crippen LogP contribution is 2.38. The zero-order valence-electron chi connectivity index (χ0n) is 17.7. The van der Waals surface area contributed by atoms with Crippen molar-refractivity contribution in [3.05, 3.63) is 47.4 Å². The first-order chi connectivity index (χ1) is 15.5. The monoisotopic (exact) mass is 454 g/mol. The van der Waals surface area contributed by atoms with Crippen LogP contribution in [0.1, 0.15) is 19.8 Å². The van der Waals surface area contributed by atoms with E-state index in [0.29, 0.717) is 51.3 Å². The standard InChI is InChI=1S/C24H24ClFN4O2/c1-2-30-7-5-14(6-8-30)13-32-16-10-17-18-12-27-29-24(18)28-23(22(17)20(26)11-16)15-3-4-21(31)19(25)9-15/h3-4,9-12,14,31H,2,5-8,13H2,1H3,(H,27,28,29). The van der Waals surface area contributed by atoms with E-state index in [1.807, 2.05) is 6.07 Å². The minimum Gasteiger partial charge on any atom is -0.506 e. The molecule has 1 fully saturated rings. The van der Waals surface area contributed by atoms with Gasteiger partial charge in [0.25, 0.3) is 0 Å². The van der Waals surface area contributed by atoms with Gasteiger partial charge in [0, 0.05) is 34.0 Å². The Morgan fingerprint density at radius 2 is 2.03 bits per heavy atom. The summed E-state index contributed by atoms with van der Waals surface area (Å²) in [7, 11) is 0. The molecule has 5 rings (SSSR count). The van der Waals surface area contributed by atoms with E-state index in [9.17, 15) is 5.11 Å². The average molecular weight is 455 g/mol. The third kappa shape index (κ3) is 3.87. The smallest absolute Gasteiger partial charge is 0.182 e. The fourth-order valence-corrected chi connectivity index (χ4v) is 4.57. The molecular weight excluding hydrogens is 431 g/mol. The molecule has 0 saturated carbocycles. The molecule has 0 bridgehead atoms. The maximum Gasteiger partial charge on any atom is 0.182 e. The van der Waals surface area contributed by atoms with Crippen LogP contribution < -0.4 is 4.74 Å². The van der Waals surface area contributed by atoms with Gasteiger partial charge in [-0.05, 0) is 62.7 Å². The number of fused-ring (bicyclic) bond motifs is 3. The van der Waals surface area contributed by atoms with E-state index in [4.69, 9.17) is 16.3 Å². The van der Waals surface area contributed by atoms with Gasteiger partial charge in [0.2, 0.25) is 0 Å². The number of phenolic OH excluding ortho intramolecular Hbond substituents is 1. The average Bonchev–Trinajstić information content (AvgIpc) is 3.28. The van der Waals surface area contributed by atoms with Crippen LogP contribution in [0.25, 0.3) is 33.1 Å². The number of phenols is 1. The van der Waals surface area contributed by atoms with E-state index in [0.717, 1.165) is 32.5 Å². The van der Waals surface area contributed by atoms with Crippen molar-refractivity contribution in [2.45, 2.75) is 19.8 Å². The van der Waals surface area contributed by atoms with Crippen LogP contribution in [0.15, 0.2) is 36.5 Å². The first kappa shape index (κ1) is 21.0. The first-order valence-electron chi connectivity index (χ1n) is 10.8. The molecule has 3 heterocycles. The van der Waals surface area contributed by atoms with E-state index < -0.39 is 5.82 Å². The number of hydrogen-bond donors (Lipinski definition) is 2. The maximum absolute atomic E-state index is 15.4. The number of benzene rings is 2. The number of H-pyrrole nitrogens is 1. The Morgan fingerprint density at radius 1 is 1.22 bits per heavy atom. The molecule has 1 saturated heterocycles.